The van der Waals surface area contributed by atoms with Gasteiger partial charge in [-0.3, -0.25) is 0 Å². The zero-order chi connectivity index (χ0) is 23.2. The molecule has 0 radical (unpaired) electrons. The minimum Gasteiger partial charge on any atom is -0.490 e. The van der Waals surface area contributed by atoms with Gasteiger partial charge in [0.15, 0.2) is 0 Å². The van der Waals surface area contributed by atoms with Crippen molar-refractivity contribution in [2.24, 2.45) is 0 Å². The van der Waals surface area contributed by atoms with Gasteiger partial charge in [0.1, 0.15) is 30.3 Å². The van der Waals surface area contributed by atoms with Gasteiger partial charge < -0.3 is 14.6 Å². The number of rotatable bonds is 13. The Bertz CT molecular complexity index is 833. The van der Waals surface area contributed by atoms with Crippen LogP contribution in [0, 0.1) is 0 Å². The van der Waals surface area contributed by atoms with Crippen LogP contribution >= 0.6 is 0 Å². The molecule has 1 rings (SSSR count). The molecule has 31 heavy (non-hydrogen) atoms. The highest BCUT2D eigenvalue weighted by atomic mass is 16.5. The smallest absolute Gasteiger partial charge is 0.339 e. The zero-order valence-electron chi connectivity index (χ0n) is 20.0. The van der Waals surface area contributed by atoms with Crippen molar-refractivity contribution in [2.75, 3.05) is 13.2 Å². The summed E-state index contributed by atoms with van der Waals surface area (Å²) in [6, 6.07) is 4.94. The molecule has 0 spiro atoms. The molecular weight excluding hydrogens is 388 g/mol. The summed E-state index contributed by atoms with van der Waals surface area (Å²) in [7, 11) is 0. The predicted octanol–water partition coefficient (Wildman–Crippen LogP) is 7.53. The summed E-state index contributed by atoms with van der Waals surface area (Å²) in [5.74, 6) is -0.161. The van der Waals surface area contributed by atoms with Crippen molar-refractivity contribution in [3.63, 3.8) is 0 Å². The molecule has 0 aliphatic rings. The summed E-state index contributed by atoms with van der Waals surface area (Å²) in [6.07, 6.45) is 12.4. The topological polar surface area (TPSA) is 55.8 Å². The molecule has 0 fully saturated rings. The largest absolute Gasteiger partial charge is 0.490 e. The van der Waals surface area contributed by atoms with E-state index in [-0.39, 0.29) is 5.56 Å². The van der Waals surface area contributed by atoms with Crippen molar-refractivity contribution in [1.82, 2.24) is 0 Å². The number of aromatic carboxylic acids is 1. The van der Waals surface area contributed by atoms with Crippen LogP contribution in [-0.4, -0.2) is 24.3 Å². The van der Waals surface area contributed by atoms with Gasteiger partial charge in [0, 0.05) is 0 Å². The van der Waals surface area contributed by atoms with E-state index in [0.717, 1.165) is 25.7 Å². The fourth-order valence-corrected chi connectivity index (χ4v) is 2.83. The van der Waals surface area contributed by atoms with Crippen molar-refractivity contribution in [3.05, 3.63) is 70.4 Å². The molecule has 0 bridgehead atoms. The lowest BCUT2D eigenvalue weighted by atomic mass is 10.1. The molecular formula is C27H38O4. The molecule has 0 aliphatic carbocycles. The van der Waals surface area contributed by atoms with Crippen LogP contribution in [0.15, 0.2) is 64.8 Å². The van der Waals surface area contributed by atoms with Crippen LogP contribution in [0.1, 0.15) is 77.6 Å². The van der Waals surface area contributed by atoms with Crippen LogP contribution in [0.4, 0.5) is 0 Å². The maximum absolute atomic E-state index is 11.7. The third kappa shape index (κ3) is 11.9. The minimum atomic E-state index is -1.03. The van der Waals surface area contributed by atoms with E-state index in [1.165, 1.54) is 28.4 Å². The van der Waals surface area contributed by atoms with Gasteiger partial charge in [0.05, 0.1) is 0 Å². The standard InChI is InChI=1S/C27H38O4/c1-20(2)9-7-11-22(5)15-17-30-24-13-14-26(25(19-24)27(28)29)31-18-16-23(6)12-8-10-21(3)4/h9-10,13-16,19H,7-8,11-12,17-18H2,1-6H3,(H,28,29)/b22-15+,23-16+. The van der Waals surface area contributed by atoms with Crippen molar-refractivity contribution >= 4 is 5.97 Å². The highest BCUT2D eigenvalue weighted by Gasteiger charge is 2.13. The van der Waals surface area contributed by atoms with E-state index >= 15 is 0 Å². The van der Waals surface area contributed by atoms with Crippen molar-refractivity contribution in [1.29, 1.82) is 0 Å². The Labute approximate surface area is 188 Å². The molecule has 170 valence electrons. The third-order valence-corrected chi connectivity index (χ3v) is 4.72. The average Bonchev–Trinajstić information content (AvgIpc) is 2.68. The SMILES string of the molecule is CC(C)=CCC/C(C)=C/COc1ccc(OC/C=C(\C)CCC=C(C)C)c(C(=O)O)c1. The fourth-order valence-electron chi connectivity index (χ4n) is 2.83. The lowest BCUT2D eigenvalue weighted by Gasteiger charge is -2.11. The number of ether oxygens (including phenoxy) is 2. The predicted molar refractivity (Wildman–Crippen MR) is 129 cm³/mol. The summed E-state index contributed by atoms with van der Waals surface area (Å²) in [5, 5.41) is 9.55. The molecule has 0 unspecified atom stereocenters. The van der Waals surface area contributed by atoms with E-state index in [2.05, 4.69) is 53.7 Å². The van der Waals surface area contributed by atoms with Gasteiger partial charge in [0.25, 0.3) is 0 Å². The second-order valence-corrected chi connectivity index (χ2v) is 8.33. The fraction of sp³-hybridized carbons (Fsp3) is 0.444. The van der Waals surface area contributed by atoms with E-state index in [9.17, 15) is 9.90 Å². The molecule has 0 atom stereocenters. The van der Waals surface area contributed by atoms with E-state index in [1.54, 1.807) is 12.1 Å². The quantitative estimate of drug-likeness (QED) is 0.331. The molecule has 4 nitrogen and oxygen atoms in total. The summed E-state index contributed by atoms with van der Waals surface area (Å²) in [4.78, 5) is 11.7. The molecule has 4 heteroatoms. The Hall–Kier alpha value is -2.75. The Balaban J connectivity index is 2.64. The van der Waals surface area contributed by atoms with Crippen LogP contribution in [0.3, 0.4) is 0 Å². The number of carbonyl (C=O) groups is 1. The molecule has 0 saturated heterocycles. The molecule has 0 aromatic heterocycles. The molecule has 1 aromatic rings. The Morgan fingerprint density at radius 2 is 1.32 bits per heavy atom. The van der Waals surface area contributed by atoms with Crippen LogP contribution in [0.5, 0.6) is 11.5 Å². The zero-order valence-corrected chi connectivity index (χ0v) is 20.0. The second kappa shape index (κ2) is 14.3. The van der Waals surface area contributed by atoms with E-state index in [0.29, 0.717) is 24.7 Å². The molecule has 0 amide bonds. The molecule has 1 N–H and O–H groups in total. The van der Waals surface area contributed by atoms with E-state index in [4.69, 9.17) is 9.47 Å². The first-order valence-electron chi connectivity index (χ1n) is 10.9. The average molecular weight is 427 g/mol. The monoisotopic (exact) mass is 426 g/mol. The molecule has 0 saturated carbocycles. The van der Waals surface area contributed by atoms with E-state index < -0.39 is 5.97 Å². The Morgan fingerprint density at radius 1 is 0.806 bits per heavy atom. The molecule has 0 heterocycles. The van der Waals surface area contributed by atoms with Gasteiger partial charge in [-0.05, 0) is 97.6 Å². The maximum Gasteiger partial charge on any atom is 0.339 e. The normalized spacial score (nSPS) is 11.7. The van der Waals surface area contributed by atoms with Crippen molar-refractivity contribution < 1.29 is 19.4 Å². The Morgan fingerprint density at radius 3 is 1.81 bits per heavy atom. The molecule has 1 aromatic carbocycles. The summed E-state index contributed by atoms with van der Waals surface area (Å²) >= 11 is 0. The van der Waals surface area contributed by atoms with Crippen LogP contribution < -0.4 is 9.47 Å². The van der Waals surface area contributed by atoms with Gasteiger partial charge in [-0.1, -0.05) is 34.4 Å². The van der Waals surface area contributed by atoms with Crippen LogP contribution in [0.2, 0.25) is 0 Å². The highest BCUT2D eigenvalue weighted by molar-refractivity contribution is 5.91. The number of carboxylic acids is 1. The van der Waals surface area contributed by atoms with Crippen LogP contribution in [-0.2, 0) is 0 Å². The first-order valence-corrected chi connectivity index (χ1v) is 10.9. The highest BCUT2D eigenvalue weighted by Crippen LogP contribution is 2.25. The number of hydrogen-bond acceptors (Lipinski definition) is 3. The lowest BCUT2D eigenvalue weighted by molar-refractivity contribution is 0.0692. The van der Waals surface area contributed by atoms with Gasteiger partial charge >= 0.3 is 5.97 Å². The first kappa shape index (κ1) is 26.3. The summed E-state index contributed by atoms with van der Waals surface area (Å²) < 4.78 is 11.4. The van der Waals surface area contributed by atoms with Gasteiger partial charge in [-0.25, -0.2) is 4.79 Å². The van der Waals surface area contributed by atoms with Crippen molar-refractivity contribution in [2.45, 2.75) is 67.2 Å². The minimum absolute atomic E-state index is 0.109. The summed E-state index contributed by atoms with van der Waals surface area (Å²) in [5.41, 5.74) is 5.22. The number of carboxylic acid groups (broad SMARTS) is 1. The lowest BCUT2D eigenvalue weighted by Crippen LogP contribution is -2.05. The van der Waals surface area contributed by atoms with E-state index in [1.807, 2.05) is 12.2 Å². The number of hydrogen-bond donors (Lipinski definition) is 1. The Kier molecular flexibility index (Phi) is 12.1. The molecule has 0 aliphatic heterocycles. The number of benzene rings is 1. The summed E-state index contributed by atoms with van der Waals surface area (Å²) in [6.45, 7) is 13.3. The number of allylic oxidation sites excluding steroid dienone is 6. The van der Waals surface area contributed by atoms with Crippen molar-refractivity contribution in [3.8, 4) is 11.5 Å². The van der Waals surface area contributed by atoms with Gasteiger partial charge in [0.2, 0.25) is 0 Å². The maximum atomic E-state index is 11.7. The van der Waals surface area contributed by atoms with Gasteiger partial charge in [-0.2, -0.15) is 0 Å². The third-order valence-electron chi connectivity index (χ3n) is 4.72. The second-order valence-electron chi connectivity index (χ2n) is 8.33. The first-order chi connectivity index (χ1) is 14.7. The van der Waals surface area contributed by atoms with Crippen LogP contribution in [0.25, 0.3) is 0 Å². The van der Waals surface area contributed by atoms with Gasteiger partial charge in [-0.15, -0.1) is 0 Å².